The number of ether oxygens (including phenoxy) is 1. The molecule has 1 aromatic heterocycles. The molecule has 0 unspecified atom stereocenters. The molecule has 0 aliphatic heterocycles. The second-order valence-electron chi connectivity index (χ2n) is 4.52. The molecule has 2 N–H and O–H groups in total. The lowest BCUT2D eigenvalue weighted by Crippen LogP contribution is -1.97. The van der Waals surface area contributed by atoms with Crippen LogP contribution >= 0.6 is 0 Å². The van der Waals surface area contributed by atoms with Crippen molar-refractivity contribution in [2.24, 2.45) is 0 Å². The molecule has 1 aromatic carbocycles. The van der Waals surface area contributed by atoms with Gasteiger partial charge in [0.1, 0.15) is 11.6 Å². The molecule has 0 amide bonds. The van der Waals surface area contributed by atoms with Gasteiger partial charge in [-0.2, -0.15) is 0 Å². The number of nitrogens with zero attached hydrogens (tertiary/aromatic N) is 1. The van der Waals surface area contributed by atoms with Crippen LogP contribution in [0.1, 0.15) is 26.2 Å². The van der Waals surface area contributed by atoms with Crippen molar-refractivity contribution in [2.75, 3.05) is 12.3 Å². The summed E-state index contributed by atoms with van der Waals surface area (Å²) in [7, 11) is 0. The van der Waals surface area contributed by atoms with E-state index >= 15 is 0 Å². The highest BCUT2D eigenvalue weighted by molar-refractivity contribution is 5.73. The summed E-state index contributed by atoms with van der Waals surface area (Å²) >= 11 is 0. The van der Waals surface area contributed by atoms with E-state index in [0.29, 0.717) is 5.82 Å². The first-order valence-electron chi connectivity index (χ1n) is 6.75. The van der Waals surface area contributed by atoms with Crippen molar-refractivity contribution in [3.63, 3.8) is 0 Å². The number of rotatable bonds is 6. The number of aromatic nitrogens is 1. The SMILES string of the molecule is CCCCCOc1ccc(-c2cccnc2N)cc1. The second kappa shape index (κ2) is 6.78. The smallest absolute Gasteiger partial charge is 0.131 e. The molecular weight excluding hydrogens is 236 g/mol. The zero-order chi connectivity index (χ0) is 13.5. The quantitative estimate of drug-likeness (QED) is 0.797. The Morgan fingerprint density at radius 1 is 1.11 bits per heavy atom. The molecule has 100 valence electrons. The number of hydrogen-bond acceptors (Lipinski definition) is 3. The first kappa shape index (κ1) is 13.4. The normalized spacial score (nSPS) is 10.4. The van der Waals surface area contributed by atoms with Gasteiger partial charge in [-0.05, 0) is 36.2 Å². The van der Waals surface area contributed by atoms with E-state index in [9.17, 15) is 0 Å². The van der Waals surface area contributed by atoms with Crippen molar-refractivity contribution in [3.05, 3.63) is 42.6 Å². The Morgan fingerprint density at radius 2 is 1.89 bits per heavy atom. The van der Waals surface area contributed by atoms with Crippen LogP contribution in [-0.2, 0) is 0 Å². The summed E-state index contributed by atoms with van der Waals surface area (Å²) in [5.74, 6) is 1.46. The summed E-state index contributed by atoms with van der Waals surface area (Å²) in [4.78, 5) is 4.09. The van der Waals surface area contributed by atoms with Crippen LogP contribution in [0.25, 0.3) is 11.1 Å². The van der Waals surface area contributed by atoms with Crippen molar-refractivity contribution < 1.29 is 4.74 Å². The number of hydrogen-bond donors (Lipinski definition) is 1. The summed E-state index contributed by atoms with van der Waals surface area (Å²) in [6.07, 6.45) is 5.23. The molecule has 0 bridgehead atoms. The molecule has 3 heteroatoms. The van der Waals surface area contributed by atoms with Crippen molar-refractivity contribution in [2.45, 2.75) is 26.2 Å². The highest BCUT2D eigenvalue weighted by Crippen LogP contribution is 2.25. The third-order valence-corrected chi connectivity index (χ3v) is 3.02. The monoisotopic (exact) mass is 256 g/mol. The zero-order valence-electron chi connectivity index (χ0n) is 11.3. The molecular formula is C16H20N2O. The fourth-order valence-corrected chi connectivity index (χ4v) is 1.93. The Labute approximate surface area is 114 Å². The number of pyridine rings is 1. The number of benzene rings is 1. The van der Waals surface area contributed by atoms with Gasteiger partial charge < -0.3 is 10.5 Å². The minimum atomic E-state index is 0.555. The molecule has 0 fully saturated rings. The summed E-state index contributed by atoms with van der Waals surface area (Å²) in [5.41, 5.74) is 7.88. The fourth-order valence-electron chi connectivity index (χ4n) is 1.93. The fraction of sp³-hybridized carbons (Fsp3) is 0.312. The average molecular weight is 256 g/mol. The van der Waals surface area contributed by atoms with Crippen molar-refractivity contribution in [1.82, 2.24) is 4.98 Å². The Bertz CT molecular complexity index is 508. The maximum Gasteiger partial charge on any atom is 0.131 e. The van der Waals surface area contributed by atoms with E-state index in [0.717, 1.165) is 29.9 Å². The number of unbranched alkanes of at least 4 members (excludes halogenated alkanes) is 2. The van der Waals surface area contributed by atoms with E-state index in [4.69, 9.17) is 10.5 Å². The van der Waals surface area contributed by atoms with Crippen LogP contribution in [0, 0.1) is 0 Å². The Kier molecular flexibility index (Phi) is 4.78. The molecule has 0 radical (unpaired) electrons. The molecule has 0 saturated heterocycles. The average Bonchev–Trinajstić information content (AvgIpc) is 2.45. The summed E-state index contributed by atoms with van der Waals surface area (Å²) in [6.45, 7) is 2.97. The van der Waals surface area contributed by atoms with Crippen LogP contribution in [0.3, 0.4) is 0 Å². The van der Waals surface area contributed by atoms with Crippen LogP contribution in [0.5, 0.6) is 5.75 Å². The van der Waals surface area contributed by atoms with E-state index in [1.54, 1.807) is 6.20 Å². The summed E-state index contributed by atoms with van der Waals surface area (Å²) in [5, 5.41) is 0. The summed E-state index contributed by atoms with van der Waals surface area (Å²) in [6, 6.07) is 11.9. The highest BCUT2D eigenvalue weighted by atomic mass is 16.5. The predicted molar refractivity (Wildman–Crippen MR) is 79.1 cm³/mol. The molecule has 2 rings (SSSR count). The summed E-state index contributed by atoms with van der Waals surface area (Å²) < 4.78 is 5.68. The molecule has 0 aliphatic rings. The first-order valence-corrected chi connectivity index (χ1v) is 6.75. The molecule has 0 spiro atoms. The molecule has 19 heavy (non-hydrogen) atoms. The van der Waals surface area contributed by atoms with Gasteiger partial charge in [0.05, 0.1) is 6.61 Å². The Balaban J connectivity index is 2.01. The van der Waals surface area contributed by atoms with Gasteiger partial charge in [-0.25, -0.2) is 4.98 Å². The van der Waals surface area contributed by atoms with E-state index < -0.39 is 0 Å². The maximum absolute atomic E-state index is 5.86. The van der Waals surface area contributed by atoms with Gasteiger partial charge in [-0.3, -0.25) is 0 Å². The van der Waals surface area contributed by atoms with Crippen molar-refractivity contribution in [3.8, 4) is 16.9 Å². The Morgan fingerprint density at radius 3 is 2.58 bits per heavy atom. The van der Waals surface area contributed by atoms with Crippen LogP contribution in [0.4, 0.5) is 5.82 Å². The van der Waals surface area contributed by atoms with E-state index in [-0.39, 0.29) is 0 Å². The number of nitrogens with two attached hydrogens (primary N) is 1. The van der Waals surface area contributed by atoms with E-state index in [1.165, 1.54) is 12.8 Å². The van der Waals surface area contributed by atoms with Crippen LogP contribution in [0.2, 0.25) is 0 Å². The van der Waals surface area contributed by atoms with Crippen LogP contribution in [-0.4, -0.2) is 11.6 Å². The maximum atomic E-state index is 5.86. The van der Waals surface area contributed by atoms with E-state index in [1.807, 2.05) is 36.4 Å². The molecule has 2 aromatic rings. The molecule has 1 heterocycles. The lowest BCUT2D eigenvalue weighted by molar-refractivity contribution is 0.306. The zero-order valence-corrected chi connectivity index (χ0v) is 11.3. The van der Waals surface area contributed by atoms with Crippen LogP contribution < -0.4 is 10.5 Å². The third-order valence-electron chi connectivity index (χ3n) is 3.02. The van der Waals surface area contributed by atoms with Gasteiger partial charge in [0.15, 0.2) is 0 Å². The molecule has 0 atom stereocenters. The van der Waals surface area contributed by atoms with Gasteiger partial charge >= 0.3 is 0 Å². The van der Waals surface area contributed by atoms with Crippen molar-refractivity contribution >= 4 is 5.82 Å². The standard InChI is InChI=1S/C16H20N2O/c1-2-3-4-12-19-14-9-7-13(8-10-14)15-6-5-11-18-16(15)17/h5-11H,2-4,12H2,1H3,(H2,17,18). The topological polar surface area (TPSA) is 48.1 Å². The number of nitrogen functional groups attached to an aromatic ring is 1. The van der Waals surface area contributed by atoms with Gasteiger partial charge in [-0.1, -0.05) is 31.9 Å². The molecule has 0 saturated carbocycles. The lowest BCUT2D eigenvalue weighted by atomic mass is 10.1. The second-order valence-corrected chi connectivity index (χ2v) is 4.52. The Hall–Kier alpha value is -2.03. The molecule has 0 aliphatic carbocycles. The minimum absolute atomic E-state index is 0.555. The first-order chi connectivity index (χ1) is 9.31. The van der Waals surface area contributed by atoms with Gasteiger partial charge in [0, 0.05) is 11.8 Å². The highest BCUT2D eigenvalue weighted by Gasteiger charge is 2.02. The van der Waals surface area contributed by atoms with Gasteiger partial charge in [0.25, 0.3) is 0 Å². The van der Waals surface area contributed by atoms with E-state index in [2.05, 4.69) is 11.9 Å². The largest absolute Gasteiger partial charge is 0.494 e. The molecule has 3 nitrogen and oxygen atoms in total. The third kappa shape index (κ3) is 3.71. The number of anilines is 1. The van der Waals surface area contributed by atoms with Gasteiger partial charge in [0.2, 0.25) is 0 Å². The lowest BCUT2D eigenvalue weighted by Gasteiger charge is -2.08. The predicted octanol–water partition coefficient (Wildman–Crippen LogP) is 3.90. The van der Waals surface area contributed by atoms with Crippen molar-refractivity contribution in [1.29, 1.82) is 0 Å². The minimum Gasteiger partial charge on any atom is -0.494 e. The van der Waals surface area contributed by atoms with Gasteiger partial charge in [-0.15, -0.1) is 0 Å². The van der Waals surface area contributed by atoms with Crippen LogP contribution in [0.15, 0.2) is 42.6 Å².